The highest BCUT2D eigenvalue weighted by atomic mass is 32.2. The summed E-state index contributed by atoms with van der Waals surface area (Å²) in [6, 6.07) is 16.8. The van der Waals surface area contributed by atoms with Gasteiger partial charge in [-0.05, 0) is 60.5 Å². The number of benzene rings is 3. The SMILES string of the molecule is COc1ccccc1NS(=O)(=O)c1cc(NC(=O)/C=C/c2ccc3c(c2)OCO3)ccc1C. The molecule has 3 aromatic carbocycles. The van der Waals surface area contributed by atoms with E-state index in [-0.39, 0.29) is 11.7 Å². The van der Waals surface area contributed by atoms with Crippen molar-refractivity contribution in [2.45, 2.75) is 11.8 Å². The van der Waals surface area contributed by atoms with Gasteiger partial charge in [0.25, 0.3) is 10.0 Å². The molecule has 0 saturated heterocycles. The van der Waals surface area contributed by atoms with E-state index < -0.39 is 15.9 Å². The summed E-state index contributed by atoms with van der Waals surface area (Å²) >= 11 is 0. The van der Waals surface area contributed by atoms with Crippen molar-refractivity contribution in [1.82, 2.24) is 0 Å². The Morgan fingerprint density at radius 2 is 1.82 bits per heavy atom. The Morgan fingerprint density at radius 1 is 1.03 bits per heavy atom. The number of rotatable bonds is 7. The molecule has 3 aromatic rings. The zero-order valence-electron chi connectivity index (χ0n) is 18.0. The van der Waals surface area contributed by atoms with E-state index >= 15 is 0 Å². The minimum Gasteiger partial charge on any atom is -0.495 e. The number of aryl methyl sites for hydroxylation is 1. The smallest absolute Gasteiger partial charge is 0.262 e. The van der Waals surface area contributed by atoms with Crippen LogP contribution in [0.3, 0.4) is 0 Å². The van der Waals surface area contributed by atoms with Gasteiger partial charge >= 0.3 is 0 Å². The molecule has 4 rings (SSSR count). The minimum absolute atomic E-state index is 0.0472. The number of anilines is 2. The maximum atomic E-state index is 13.0. The molecule has 1 amide bonds. The van der Waals surface area contributed by atoms with Crippen LogP contribution in [0.15, 0.2) is 71.6 Å². The molecule has 0 aromatic heterocycles. The van der Waals surface area contributed by atoms with Crippen molar-refractivity contribution in [3.8, 4) is 17.2 Å². The summed E-state index contributed by atoms with van der Waals surface area (Å²) in [5.41, 5.74) is 1.97. The summed E-state index contributed by atoms with van der Waals surface area (Å²) in [6.45, 7) is 1.86. The van der Waals surface area contributed by atoms with Crippen LogP contribution in [-0.4, -0.2) is 28.2 Å². The molecular weight excluding hydrogens is 444 g/mol. The second kappa shape index (κ2) is 9.25. The number of methoxy groups -OCH3 is 1. The Kier molecular flexibility index (Phi) is 6.23. The van der Waals surface area contributed by atoms with Gasteiger partial charge in [-0.25, -0.2) is 8.42 Å². The molecule has 0 radical (unpaired) electrons. The lowest BCUT2D eigenvalue weighted by molar-refractivity contribution is -0.111. The van der Waals surface area contributed by atoms with Gasteiger partial charge in [0, 0.05) is 11.8 Å². The van der Waals surface area contributed by atoms with Crippen molar-refractivity contribution >= 4 is 33.4 Å². The number of nitrogens with one attached hydrogen (secondary N) is 2. The van der Waals surface area contributed by atoms with Crippen LogP contribution in [0.2, 0.25) is 0 Å². The number of amides is 1. The lowest BCUT2D eigenvalue weighted by atomic mass is 10.2. The van der Waals surface area contributed by atoms with Crippen molar-refractivity contribution in [3.63, 3.8) is 0 Å². The molecule has 1 aliphatic rings. The fourth-order valence-corrected chi connectivity index (χ4v) is 4.61. The minimum atomic E-state index is -3.92. The van der Waals surface area contributed by atoms with Crippen LogP contribution in [0.1, 0.15) is 11.1 Å². The zero-order valence-corrected chi connectivity index (χ0v) is 18.8. The number of sulfonamides is 1. The molecule has 0 unspecified atom stereocenters. The quantitative estimate of drug-likeness (QED) is 0.507. The normalized spacial score (nSPS) is 12.5. The van der Waals surface area contributed by atoms with Crippen molar-refractivity contribution in [2.75, 3.05) is 23.9 Å². The van der Waals surface area contributed by atoms with Crippen molar-refractivity contribution < 1.29 is 27.4 Å². The maximum absolute atomic E-state index is 13.0. The number of ether oxygens (including phenoxy) is 3. The number of carbonyl (C=O) groups excluding carboxylic acids is 1. The van der Waals surface area contributed by atoms with Crippen molar-refractivity contribution in [2.24, 2.45) is 0 Å². The van der Waals surface area contributed by atoms with Crippen molar-refractivity contribution in [3.05, 3.63) is 77.9 Å². The Morgan fingerprint density at radius 3 is 2.64 bits per heavy atom. The van der Waals surface area contributed by atoms with E-state index in [0.717, 1.165) is 5.56 Å². The van der Waals surface area contributed by atoms with E-state index in [1.165, 1.54) is 19.3 Å². The first-order valence-electron chi connectivity index (χ1n) is 10.0. The molecule has 2 N–H and O–H groups in total. The first kappa shape index (κ1) is 22.2. The summed E-state index contributed by atoms with van der Waals surface area (Å²) in [7, 11) is -2.46. The van der Waals surface area contributed by atoms with Crippen LogP contribution in [-0.2, 0) is 14.8 Å². The summed E-state index contributed by atoms with van der Waals surface area (Å²) in [5, 5.41) is 2.69. The van der Waals surface area contributed by atoms with E-state index in [1.54, 1.807) is 67.6 Å². The average Bonchev–Trinajstić information content (AvgIpc) is 3.27. The van der Waals surface area contributed by atoms with Gasteiger partial charge in [-0.15, -0.1) is 0 Å². The van der Waals surface area contributed by atoms with E-state index in [1.807, 2.05) is 0 Å². The fourth-order valence-electron chi connectivity index (χ4n) is 3.27. The number of carbonyl (C=O) groups is 1. The molecule has 0 spiro atoms. The molecule has 0 fully saturated rings. The van der Waals surface area contributed by atoms with Crippen LogP contribution in [0, 0.1) is 6.92 Å². The molecular formula is C24H22N2O6S. The first-order valence-corrected chi connectivity index (χ1v) is 11.5. The maximum Gasteiger partial charge on any atom is 0.262 e. The number of para-hydroxylation sites is 2. The van der Waals surface area contributed by atoms with E-state index in [4.69, 9.17) is 14.2 Å². The molecule has 0 bridgehead atoms. The number of fused-ring (bicyclic) bond motifs is 1. The third-order valence-corrected chi connectivity index (χ3v) is 6.43. The van der Waals surface area contributed by atoms with E-state index in [9.17, 15) is 13.2 Å². The van der Waals surface area contributed by atoms with Gasteiger partial charge in [-0.1, -0.05) is 24.3 Å². The molecule has 1 heterocycles. The van der Waals surface area contributed by atoms with Gasteiger partial charge in [0.15, 0.2) is 11.5 Å². The highest BCUT2D eigenvalue weighted by molar-refractivity contribution is 7.92. The highest BCUT2D eigenvalue weighted by Gasteiger charge is 2.20. The van der Waals surface area contributed by atoms with Crippen LogP contribution >= 0.6 is 0 Å². The zero-order chi connectivity index (χ0) is 23.4. The summed E-state index contributed by atoms with van der Waals surface area (Å²) in [6.07, 6.45) is 2.99. The molecule has 0 saturated carbocycles. The highest BCUT2D eigenvalue weighted by Crippen LogP contribution is 2.33. The van der Waals surface area contributed by atoms with Crippen LogP contribution in [0.5, 0.6) is 17.2 Å². The molecule has 170 valence electrons. The predicted octanol–water partition coefficient (Wildman–Crippen LogP) is 4.19. The topological polar surface area (TPSA) is 103 Å². The summed E-state index contributed by atoms with van der Waals surface area (Å²) in [4.78, 5) is 12.5. The Hall–Kier alpha value is -3.98. The first-order chi connectivity index (χ1) is 15.9. The average molecular weight is 467 g/mol. The lowest BCUT2D eigenvalue weighted by Crippen LogP contribution is -2.16. The Balaban J connectivity index is 1.50. The van der Waals surface area contributed by atoms with Gasteiger partial charge in [-0.3, -0.25) is 9.52 Å². The van der Waals surface area contributed by atoms with E-state index in [2.05, 4.69) is 10.0 Å². The standard InChI is InChI=1S/C24H22N2O6S/c1-16-7-10-18(14-23(16)33(28,29)26-19-5-3-4-6-20(19)30-2)25-24(27)12-9-17-8-11-21-22(13-17)32-15-31-21/h3-14,26H,15H2,1-2H3,(H,25,27)/b12-9+. The predicted molar refractivity (Wildman–Crippen MR) is 125 cm³/mol. The van der Waals surface area contributed by atoms with E-state index in [0.29, 0.717) is 34.2 Å². The van der Waals surface area contributed by atoms with Gasteiger partial charge < -0.3 is 19.5 Å². The number of hydrogen-bond acceptors (Lipinski definition) is 6. The third-order valence-electron chi connectivity index (χ3n) is 4.92. The lowest BCUT2D eigenvalue weighted by Gasteiger charge is -2.14. The number of hydrogen-bond donors (Lipinski definition) is 2. The third kappa shape index (κ3) is 5.09. The van der Waals surface area contributed by atoms with Crippen LogP contribution in [0.25, 0.3) is 6.08 Å². The second-order valence-electron chi connectivity index (χ2n) is 7.22. The molecule has 33 heavy (non-hydrogen) atoms. The molecule has 8 nitrogen and oxygen atoms in total. The van der Waals surface area contributed by atoms with Gasteiger partial charge in [0.05, 0.1) is 17.7 Å². The van der Waals surface area contributed by atoms with Gasteiger partial charge in [0.1, 0.15) is 5.75 Å². The fraction of sp³-hybridized carbons (Fsp3) is 0.125. The van der Waals surface area contributed by atoms with Crippen LogP contribution in [0.4, 0.5) is 11.4 Å². The Bertz CT molecular complexity index is 1330. The monoisotopic (exact) mass is 466 g/mol. The largest absolute Gasteiger partial charge is 0.495 e. The van der Waals surface area contributed by atoms with Gasteiger partial charge in [-0.2, -0.15) is 0 Å². The molecule has 1 aliphatic heterocycles. The summed E-state index contributed by atoms with van der Waals surface area (Å²) < 4.78 is 44.4. The van der Waals surface area contributed by atoms with Crippen molar-refractivity contribution in [1.29, 1.82) is 0 Å². The Labute approximate surface area is 191 Å². The second-order valence-corrected chi connectivity index (χ2v) is 8.87. The van der Waals surface area contributed by atoms with Gasteiger partial charge in [0.2, 0.25) is 12.7 Å². The molecule has 0 atom stereocenters. The molecule has 9 heteroatoms. The molecule has 0 aliphatic carbocycles. The summed E-state index contributed by atoms with van der Waals surface area (Å²) in [5.74, 6) is 1.27. The van der Waals surface area contributed by atoms with Crippen LogP contribution < -0.4 is 24.2 Å².